The standard InChI is InChI=1S/C20H19NO7S/c1-12-5-7-14(8-6-12)29(24,25)21-15-9-13(26-2)10-18(27-3)19(15)17(22)11-16(21)20(23)28-4/h5-11H,1-4H3. The molecule has 3 aromatic rings. The van der Waals surface area contributed by atoms with Crippen molar-refractivity contribution < 1.29 is 27.4 Å². The number of carbonyl (C=O) groups is 1. The molecule has 3 rings (SSSR count). The zero-order valence-corrected chi connectivity index (χ0v) is 17.1. The van der Waals surface area contributed by atoms with E-state index in [4.69, 9.17) is 14.2 Å². The molecular formula is C20H19NO7S. The summed E-state index contributed by atoms with van der Waals surface area (Å²) in [4.78, 5) is 25.0. The highest BCUT2D eigenvalue weighted by molar-refractivity contribution is 7.90. The number of methoxy groups -OCH3 is 3. The average Bonchev–Trinajstić information content (AvgIpc) is 2.71. The van der Waals surface area contributed by atoms with Crippen LogP contribution in [0.25, 0.3) is 10.9 Å². The number of hydrogen-bond donors (Lipinski definition) is 0. The lowest BCUT2D eigenvalue weighted by molar-refractivity contribution is 0.0592. The van der Waals surface area contributed by atoms with E-state index in [-0.39, 0.29) is 27.3 Å². The van der Waals surface area contributed by atoms with Crippen LogP contribution in [0.2, 0.25) is 0 Å². The van der Waals surface area contributed by atoms with E-state index < -0.39 is 27.1 Å². The number of nitrogens with zero attached hydrogens (tertiary/aromatic N) is 1. The number of esters is 1. The van der Waals surface area contributed by atoms with Gasteiger partial charge in [-0.25, -0.2) is 17.2 Å². The molecule has 8 nitrogen and oxygen atoms in total. The number of carbonyl (C=O) groups excluding carboxylic acids is 1. The van der Waals surface area contributed by atoms with E-state index >= 15 is 0 Å². The maximum absolute atomic E-state index is 13.5. The van der Waals surface area contributed by atoms with Gasteiger partial charge in [-0.2, -0.15) is 0 Å². The summed E-state index contributed by atoms with van der Waals surface area (Å²) in [6.45, 7) is 1.82. The number of ether oxygens (including phenoxy) is 3. The highest BCUT2D eigenvalue weighted by Gasteiger charge is 2.28. The van der Waals surface area contributed by atoms with Crippen LogP contribution >= 0.6 is 0 Å². The number of aryl methyl sites for hydroxylation is 1. The van der Waals surface area contributed by atoms with Crippen LogP contribution in [0.15, 0.2) is 52.2 Å². The van der Waals surface area contributed by atoms with Crippen LogP contribution < -0.4 is 14.9 Å². The van der Waals surface area contributed by atoms with Gasteiger partial charge in [-0.3, -0.25) is 4.79 Å². The summed E-state index contributed by atoms with van der Waals surface area (Å²) in [5, 5.41) is -0.00311. The molecule has 1 heterocycles. The van der Waals surface area contributed by atoms with Gasteiger partial charge in [0.05, 0.1) is 37.1 Å². The van der Waals surface area contributed by atoms with Gasteiger partial charge in [0, 0.05) is 18.2 Å². The summed E-state index contributed by atoms with van der Waals surface area (Å²) in [5.41, 5.74) is -0.212. The van der Waals surface area contributed by atoms with Crippen molar-refractivity contribution in [2.75, 3.05) is 21.3 Å². The maximum Gasteiger partial charge on any atom is 0.355 e. The Morgan fingerprint density at radius 3 is 2.17 bits per heavy atom. The molecule has 0 unspecified atom stereocenters. The molecule has 0 saturated carbocycles. The largest absolute Gasteiger partial charge is 0.497 e. The van der Waals surface area contributed by atoms with Gasteiger partial charge in [-0.1, -0.05) is 17.7 Å². The molecule has 2 aromatic carbocycles. The Labute approximate surface area is 167 Å². The number of aromatic nitrogens is 1. The highest BCUT2D eigenvalue weighted by Crippen LogP contribution is 2.32. The molecular weight excluding hydrogens is 398 g/mol. The third kappa shape index (κ3) is 3.44. The Bertz CT molecular complexity index is 1260. The topological polar surface area (TPSA) is 101 Å². The first-order valence-corrected chi connectivity index (χ1v) is 9.91. The van der Waals surface area contributed by atoms with E-state index in [0.29, 0.717) is 0 Å². The van der Waals surface area contributed by atoms with Gasteiger partial charge in [-0.05, 0) is 19.1 Å². The van der Waals surface area contributed by atoms with Crippen molar-refractivity contribution in [2.24, 2.45) is 0 Å². The van der Waals surface area contributed by atoms with Crippen molar-refractivity contribution in [3.8, 4) is 11.5 Å². The fourth-order valence-corrected chi connectivity index (χ4v) is 4.45. The van der Waals surface area contributed by atoms with Crippen LogP contribution in [0.5, 0.6) is 11.5 Å². The van der Waals surface area contributed by atoms with Crippen LogP contribution in [0, 0.1) is 6.92 Å². The van der Waals surface area contributed by atoms with Crippen molar-refractivity contribution in [1.29, 1.82) is 0 Å². The zero-order valence-electron chi connectivity index (χ0n) is 16.3. The molecule has 0 spiro atoms. The molecule has 9 heteroatoms. The van der Waals surface area contributed by atoms with Crippen molar-refractivity contribution in [3.05, 3.63) is 63.9 Å². The fourth-order valence-electron chi connectivity index (χ4n) is 2.97. The molecule has 152 valence electrons. The molecule has 0 fully saturated rings. The lowest BCUT2D eigenvalue weighted by Gasteiger charge is -2.18. The van der Waals surface area contributed by atoms with E-state index in [1.807, 2.05) is 6.92 Å². The van der Waals surface area contributed by atoms with Gasteiger partial charge in [-0.15, -0.1) is 0 Å². The molecule has 0 saturated heterocycles. The molecule has 1 aromatic heterocycles. The average molecular weight is 417 g/mol. The molecule has 0 aliphatic heterocycles. The quantitative estimate of drug-likeness (QED) is 0.587. The monoisotopic (exact) mass is 417 g/mol. The summed E-state index contributed by atoms with van der Waals surface area (Å²) in [6.07, 6.45) is 0. The first-order valence-electron chi connectivity index (χ1n) is 8.47. The van der Waals surface area contributed by atoms with Gasteiger partial charge in [0.15, 0.2) is 5.43 Å². The molecule has 0 N–H and O–H groups in total. The first kappa shape index (κ1) is 20.4. The van der Waals surface area contributed by atoms with E-state index in [0.717, 1.165) is 22.7 Å². The normalized spacial score (nSPS) is 11.3. The Balaban J connectivity index is 2.54. The van der Waals surface area contributed by atoms with Gasteiger partial charge < -0.3 is 14.2 Å². The first-order chi connectivity index (χ1) is 13.7. The lowest BCUT2D eigenvalue weighted by atomic mass is 10.1. The second-order valence-corrected chi connectivity index (χ2v) is 7.98. The summed E-state index contributed by atoms with van der Waals surface area (Å²) >= 11 is 0. The molecule has 29 heavy (non-hydrogen) atoms. The van der Waals surface area contributed by atoms with Crippen molar-refractivity contribution in [2.45, 2.75) is 11.8 Å². The lowest BCUT2D eigenvalue weighted by Crippen LogP contribution is -2.25. The maximum atomic E-state index is 13.5. The highest BCUT2D eigenvalue weighted by atomic mass is 32.2. The van der Waals surface area contributed by atoms with Crippen LogP contribution in [0.4, 0.5) is 0 Å². The van der Waals surface area contributed by atoms with Gasteiger partial charge in [0.25, 0.3) is 10.0 Å². The third-order valence-corrected chi connectivity index (χ3v) is 6.16. The predicted octanol–water partition coefficient (Wildman–Crippen LogP) is 2.35. The van der Waals surface area contributed by atoms with Crippen molar-refractivity contribution >= 4 is 26.9 Å². The van der Waals surface area contributed by atoms with E-state index in [2.05, 4.69) is 0 Å². The van der Waals surface area contributed by atoms with Crippen molar-refractivity contribution in [3.63, 3.8) is 0 Å². The third-order valence-electron chi connectivity index (χ3n) is 4.42. The SMILES string of the molecule is COC(=O)c1cc(=O)c2c(OC)cc(OC)cc2n1S(=O)(=O)c1ccc(C)cc1. The molecule has 0 amide bonds. The summed E-state index contributed by atoms with van der Waals surface area (Å²) < 4.78 is 42.9. The second-order valence-electron chi connectivity index (χ2n) is 6.19. The van der Waals surface area contributed by atoms with Crippen molar-refractivity contribution in [1.82, 2.24) is 3.97 Å². The second kappa shape index (κ2) is 7.59. The van der Waals surface area contributed by atoms with Crippen LogP contribution in [-0.2, 0) is 14.8 Å². The number of benzene rings is 2. The van der Waals surface area contributed by atoms with Crippen LogP contribution in [0.1, 0.15) is 16.1 Å². The fraction of sp³-hybridized carbons (Fsp3) is 0.200. The Morgan fingerprint density at radius 2 is 1.62 bits per heavy atom. The smallest absolute Gasteiger partial charge is 0.355 e. The number of pyridine rings is 1. The summed E-state index contributed by atoms with van der Waals surface area (Å²) in [7, 11) is -0.427. The number of rotatable bonds is 5. The molecule has 0 bridgehead atoms. The Morgan fingerprint density at radius 1 is 0.966 bits per heavy atom. The number of fused-ring (bicyclic) bond motifs is 1. The minimum atomic E-state index is -4.27. The van der Waals surface area contributed by atoms with E-state index in [9.17, 15) is 18.0 Å². The Kier molecular flexibility index (Phi) is 5.34. The molecule has 0 aliphatic rings. The zero-order chi connectivity index (χ0) is 21.3. The van der Waals surface area contributed by atoms with Gasteiger partial charge >= 0.3 is 5.97 Å². The summed E-state index contributed by atoms with van der Waals surface area (Å²) in [5.74, 6) is -0.598. The van der Waals surface area contributed by atoms with Crippen LogP contribution in [0.3, 0.4) is 0 Å². The molecule has 0 atom stereocenters. The van der Waals surface area contributed by atoms with Gasteiger partial charge in [0.1, 0.15) is 17.2 Å². The minimum Gasteiger partial charge on any atom is -0.497 e. The summed E-state index contributed by atoms with van der Waals surface area (Å²) in [6, 6.07) is 9.87. The number of hydrogen-bond acceptors (Lipinski definition) is 7. The van der Waals surface area contributed by atoms with E-state index in [1.165, 1.54) is 38.5 Å². The Hall–Kier alpha value is -3.33. The molecule has 0 aliphatic carbocycles. The van der Waals surface area contributed by atoms with Crippen LogP contribution in [-0.4, -0.2) is 39.7 Å². The molecule has 0 radical (unpaired) electrons. The minimum absolute atomic E-state index is 0.00311. The predicted molar refractivity (Wildman–Crippen MR) is 106 cm³/mol. The van der Waals surface area contributed by atoms with Gasteiger partial charge in [0.2, 0.25) is 0 Å². The van der Waals surface area contributed by atoms with E-state index in [1.54, 1.807) is 12.1 Å².